The summed E-state index contributed by atoms with van der Waals surface area (Å²) >= 11 is 0. The standard InChI is InChI=1S/C20H27N5O/c1-13-3-4-14(2)17(9-13)19-15(10-22-24-19)11-25-8-7-21-18(12-25)20(26)23-16-5-6-16/h3-4,9-10,16,18,21H,5-8,11-12H2,1-2H3,(H,22,24)(H,23,26)/t18-/m0/s1. The number of nitrogens with zero attached hydrogens (tertiary/aromatic N) is 2. The third-order valence-electron chi connectivity index (χ3n) is 5.27. The summed E-state index contributed by atoms with van der Waals surface area (Å²) in [5.74, 6) is 0.138. The summed E-state index contributed by atoms with van der Waals surface area (Å²) in [5.41, 5.74) is 5.95. The molecule has 1 atom stereocenters. The fraction of sp³-hybridized carbons (Fsp3) is 0.500. The smallest absolute Gasteiger partial charge is 0.238 e. The Bertz CT molecular complexity index is 795. The lowest BCUT2D eigenvalue weighted by molar-refractivity contribution is -0.124. The molecule has 2 aliphatic rings. The maximum atomic E-state index is 12.3. The van der Waals surface area contributed by atoms with Gasteiger partial charge in [-0.2, -0.15) is 5.10 Å². The van der Waals surface area contributed by atoms with Crippen LogP contribution in [-0.4, -0.2) is 52.7 Å². The Morgan fingerprint density at radius 2 is 2.19 bits per heavy atom. The highest BCUT2D eigenvalue weighted by atomic mass is 16.2. The van der Waals surface area contributed by atoms with Gasteiger partial charge in [-0.25, -0.2) is 0 Å². The van der Waals surface area contributed by atoms with Gasteiger partial charge in [-0.05, 0) is 38.3 Å². The summed E-state index contributed by atoms with van der Waals surface area (Å²) in [5, 5.41) is 13.9. The Balaban J connectivity index is 1.46. The second-order valence-corrected chi connectivity index (χ2v) is 7.61. The zero-order valence-corrected chi connectivity index (χ0v) is 15.5. The van der Waals surface area contributed by atoms with Crippen molar-refractivity contribution >= 4 is 5.91 Å². The highest BCUT2D eigenvalue weighted by Gasteiger charge is 2.30. The molecule has 1 aliphatic carbocycles. The monoisotopic (exact) mass is 353 g/mol. The average molecular weight is 353 g/mol. The van der Waals surface area contributed by atoms with E-state index in [9.17, 15) is 4.79 Å². The van der Waals surface area contributed by atoms with Crippen LogP contribution in [0.25, 0.3) is 11.3 Å². The number of amides is 1. The molecule has 0 unspecified atom stereocenters. The Morgan fingerprint density at radius 1 is 1.35 bits per heavy atom. The summed E-state index contributed by atoms with van der Waals surface area (Å²) in [6.45, 7) is 7.54. The highest BCUT2D eigenvalue weighted by Crippen LogP contribution is 2.27. The molecule has 138 valence electrons. The van der Waals surface area contributed by atoms with Gasteiger partial charge in [0.05, 0.1) is 17.9 Å². The molecule has 3 N–H and O–H groups in total. The van der Waals surface area contributed by atoms with Crippen molar-refractivity contribution < 1.29 is 4.79 Å². The van der Waals surface area contributed by atoms with Gasteiger partial charge in [0.1, 0.15) is 0 Å². The largest absolute Gasteiger partial charge is 0.352 e. The molecule has 6 heteroatoms. The minimum absolute atomic E-state index is 0.125. The number of nitrogens with one attached hydrogen (secondary N) is 3. The van der Waals surface area contributed by atoms with Crippen LogP contribution in [0, 0.1) is 13.8 Å². The van der Waals surface area contributed by atoms with Crippen molar-refractivity contribution in [3.8, 4) is 11.3 Å². The number of carbonyl (C=O) groups is 1. The van der Waals surface area contributed by atoms with Gasteiger partial charge >= 0.3 is 0 Å². The summed E-state index contributed by atoms with van der Waals surface area (Å²) in [6.07, 6.45) is 4.16. The van der Waals surface area contributed by atoms with E-state index in [2.05, 4.69) is 57.8 Å². The van der Waals surface area contributed by atoms with Crippen molar-refractivity contribution in [3.63, 3.8) is 0 Å². The van der Waals surface area contributed by atoms with E-state index in [4.69, 9.17) is 0 Å². The van der Waals surface area contributed by atoms with Crippen molar-refractivity contribution in [3.05, 3.63) is 41.1 Å². The van der Waals surface area contributed by atoms with Crippen molar-refractivity contribution in [1.82, 2.24) is 25.7 Å². The van der Waals surface area contributed by atoms with E-state index in [1.54, 1.807) is 0 Å². The summed E-state index contributed by atoms with van der Waals surface area (Å²) in [7, 11) is 0. The second kappa shape index (κ2) is 7.21. The molecule has 1 amide bonds. The fourth-order valence-electron chi connectivity index (χ4n) is 3.57. The predicted octanol–water partition coefficient (Wildman–Crippen LogP) is 1.75. The third kappa shape index (κ3) is 3.81. The Morgan fingerprint density at radius 3 is 3.00 bits per heavy atom. The topological polar surface area (TPSA) is 73.0 Å². The first-order valence-electron chi connectivity index (χ1n) is 9.46. The SMILES string of the molecule is Cc1ccc(C)c(-c2[nH]ncc2CN2CCN[C@H](C(=O)NC3CC3)C2)c1. The van der Waals surface area contributed by atoms with Crippen LogP contribution in [0.4, 0.5) is 0 Å². The first-order valence-corrected chi connectivity index (χ1v) is 9.46. The molecule has 1 aromatic carbocycles. The van der Waals surface area contributed by atoms with Gasteiger partial charge in [0, 0.05) is 43.3 Å². The van der Waals surface area contributed by atoms with Gasteiger partial charge in [-0.3, -0.25) is 14.8 Å². The lowest BCUT2D eigenvalue weighted by Gasteiger charge is -2.32. The van der Waals surface area contributed by atoms with Crippen molar-refractivity contribution in [2.24, 2.45) is 0 Å². The molecule has 2 heterocycles. The molecule has 0 bridgehead atoms. The fourth-order valence-corrected chi connectivity index (χ4v) is 3.57. The van der Waals surface area contributed by atoms with Crippen LogP contribution in [0.2, 0.25) is 0 Å². The number of benzene rings is 1. The van der Waals surface area contributed by atoms with E-state index < -0.39 is 0 Å². The third-order valence-corrected chi connectivity index (χ3v) is 5.27. The molecule has 6 nitrogen and oxygen atoms in total. The van der Waals surface area contributed by atoms with Gasteiger partial charge in [0.25, 0.3) is 0 Å². The van der Waals surface area contributed by atoms with Crippen molar-refractivity contribution in [2.75, 3.05) is 19.6 Å². The van der Waals surface area contributed by atoms with Crippen LogP contribution >= 0.6 is 0 Å². The van der Waals surface area contributed by atoms with Gasteiger partial charge in [0.15, 0.2) is 0 Å². The minimum Gasteiger partial charge on any atom is -0.352 e. The van der Waals surface area contributed by atoms with Crippen LogP contribution in [0.5, 0.6) is 0 Å². The van der Waals surface area contributed by atoms with Gasteiger partial charge in [-0.15, -0.1) is 0 Å². The van der Waals surface area contributed by atoms with E-state index >= 15 is 0 Å². The van der Waals surface area contributed by atoms with Gasteiger partial charge < -0.3 is 10.6 Å². The van der Waals surface area contributed by atoms with E-state index in [1.807, 2.05) is 6.20 Å². The lowest BCUT2D eigenvalue weighted by Crippen LogP contribution is -2.57. The average Bonchev–Trinajstić information content (AvgIpc) is 3.33. The Hall–Kier alpha value is -2.18. The number of hydrogen-bond acceptors (Lipinski definition) is 4. The van der Waals surface area contributed by atoms with E-state index in [0.717, 1.165) is 44.7 Å². The van der Waals surface area contributed by atoms with E-state index in [1.165, 1.54) is 22.3 Å². The zero-order chi connectivity index (χ0) is 18.1. The Labute approximate surface area is 154 Å². The molecule has 26 heavy (non-hydrogen) atoms. The number of aromatic nitrogens is 2. The normalized spacial score (nSPS) is 20.9. The summed E-state index contributed by atoms with van der Waals surface area (Å²) in [4.78, 5) is 14.7. The Kier molecular flexibility index (Phi) is 4.78. The molecule has 4 rings (SSSR count). The van der Waals surface area contributed by atoms with Crippen LogP contribution in [0.15, 0.2) is 24.4 Å². The van der Waals surface area contributed by atoms with Crippen LogP contribution in [-0.2, 0) is 11.3 Å². The van der Waals surface area contributed by atoms with Crippen molar-refractivity contribution in [1.29, 1.82) is 0 Å². The molecule has 1 aromatic heterocycles. The molecule has 0 spiro atoms. The predicted molar refractivity (Wildman–Crippen MR) is 102 cm³/mol. The van der Waals surface area contributed by atoms with Crippen LogP contribution < -0.4 is 10.6 Å². The van der Waals surface area contributed by atoms with Gasteiger partial charge in [-0.1, -0.05) is 17.7 Å². The molecule has 1 saturated carbocycles. The maximum absolute atomic E-state index is 12.3. The maximum Gasteiger partial charge on any atom is 0.238 e. The second-order valence-electron chi connectivity index (χ2n) is 7.61. The minimum atomic E-state index is -0.125. The molecular formula is C20H27N5O. The number of carbonyl (C=O) groups excluding carboxylic acids is 1. The number of aromatic amines is 1. The first kappa shape index (κ1) is 17.2. The lowest BCUT2D eigenvalue weighted by atomic mass is 10.00. The number of H-pyrrole nitrogens is 1. The van der Waals surface area contributed by atoms with Crippen molar-refractivity contribution in [2.45, 2.75) is 45.3 Å². The number of hydrogen-bond donors (Lipinski definition) is 3. The molecule has 0 radical (unpaired) electrons. The molecule has 1 saturated heterocycles. The first-order chi connectivity index (χ1) is 12.6. The summed E-state index contributed by atoms with van der Waals surface area (Å²) in [6, 6.07) is 6.77. The number of aryl methyl sites for hydroxylation is 2. The number of rotatable bonds is 5. The van der Waals surface area contributed by atoms with Crippen LogP contribution in [0.3, 0.4) is 0 Å². The molecule has 2 aromatic rings. The highest BCUT2D eigenvalue weighted by molar-refractivity contribution is 5.82. The zero-order valence-electron chi connectivity index (χ0n) is 15.5. The molecular weight excluding hydrogens is 326 g/mol. The molecule has 1 aliphatic heterocycles. The number of piperazine rings is 1. The van der Waals surface area contributed by atoms with E-state index in [0.29, 0.717) is 6.04 Å². The van der Waals surface area contributed by atoms with Gasteiger partial charge in [0.2, 0.25) is 5.91 Å². The van der Waals surface area contributed by atoms with E-state index in [-0.39, 0.29) is 11.9 Å². The summed E-state index contributed by atoms with van der Waals surface area (Å²) < 4.78 is 0. The van der Waals surface area contributed by atoms with Crippen LogP contribution in [0.1, 0.15) is 29.5 Å². The molecule has 2 fully saturated rings. The quantitative estimate of drug-likeness (QED) is 0.766.